The highest BCUT2D eigenvalue weighted by Gasteiger charge is 2.37. The van der Waals surface area contributed by atoms with Gasteiger partial charge in [0.15, 0.2) is 5.69 Å². The van der Waals surface area contributed by atoms with Gasteiger partial charge in [-0.05, 0) is 24.1 Å². The van der Waals surface area contributed by atoms with E-state index in [-0.39, 0.29) is 17.8 Å². The van der Waals surface area contributed by atoms with E-state index in [1.54, 1.807) is 6.20 Å². The Morgan fingerprint density at radius 1 is 1.26 bits per heavy atom. The number of nitrogens with zero attached hydrogens (tertiary/aromatic N) is 3. The summed E-state index contributed by atoms with van der Waals surface area (Å²) in [6, 6.07) is 8.51. The summed E-state index contributed by atoms with van der Waals surface area (Å²) in [4.78, 5) is 22.2. The van der Waals surface area contributed by atoms with Gasteiger partial charge in [-0.2, -0.15) is 0 Å². The molecule has 0 radical (unpaired) electrons. The molecule has 27 heavy (non-hydrogen) atoms. The summed E-state index contributed by atoms with van der Waals surface area (Å²) >= 11 is 5.97. The van der Waals surface area contributed by atoms with E-state index in [1.807, 2.05) is 24.3 Å². The Balaban J connectivity index is 1.35. The van der Waals surface area contributed by atoms with Crippen molar-refractivity contribution < 1.29 is 14.3 Å². The van der Waals surface area contributed by atoms with Gasteiger partial charge in [-0.1, -0.05) is 23.7 Å². The maximum absolute atomic E-state index is 11.4. The first-order valence-corrected chi connectivity index (χ1v) is 9.28. The number of anilines is 1. The molecule has 142 valence electrons. The van der Waals surface area contributed by atoms with E-state index < -0.39 is 5.97 Å². The predicted octanol–water partition coefficient (Wildman–Crippen LogP) is 2.54. The summed E-state index contributed by atoms with van der Waals surface area (Å²) in [5, 5.41) is 4.14. The van der Waals surface area contributed by atoms with Crippen molar-refractivity contribution in [3.63, 3.8) is 0 Å². The lowest BCUT2D eigenvalue weighted by molar-refractivity contribution is -0.0501. The summed E-state index contributed by atoms with van der Waals surface area (Å²) in [6.07, 6.45) is 4.04. The molecule has 0 amide bonds. The van der Waals surface area contributed by atoms with Crippen LogP contribution in [0.25, 0.3) is 0 Å². The molecule has 1 aromatic heterocycles. The molecule has 0 bridgehead atoms. The number of halogens is 1. The SMILES string of the molecule is COC(=O)c1cnc(N[C@@H]2C[C@H]3CO[C@@H](c4ccc(Cl)cc4)CN3C2)cn1. The summed E-state index contributed by atoms with van der Waals surface area (Å²) < 4.78 is 10.7. The lowest BCUT2D eigenvalue weighted by Gasteiger charge is -2.35. The molecule has 2 aliphatic heterocycles. The quantitative estimate of drug-likeness (QED) is 0.806. The number of esters is 1. The van der Waals surface area contributed by atoms with Crippen LogP contribution in [0.4, 0.5) is 5.82 Å². The second-order valence-electron chi connectivity index (χ2n) is 6.84. The molecular formula is C19H21ClN4O3. The highest BCUT2D eigenvalue weighted by molar-refractivity contribution is 6.30. The number of methoxy groups -OCH3 is 1. The van der Waals surface area contributed by atoms with Gasteiger partial charge in [-0.15, -0.1) is 0 Å². The van der Waals surface area contributed by atoms with Crippen molar-refractivity contribution in [1.29, 1.82) is 0 Å². The number of rotatable bonds is 4. The second-order valence-corrected chi connectivity index (χ2v) is 7.27. The molecule has 1 aromatic carbocycles. The smallest absolute Gasteiger partial charge is 0.358 e. The van der Waals surface area contributed by atoms with Gasteiger partial charge in [0.25, 0.3) is 0 Å². The van der Waals surface area contributed by atoms with Crippen LogP contribution in [0.3, 0.4) is 0 Å². The van der Waals surface area contributed by atoms with E-state index in [2.05, 4.69) is 24.9 Å². The van der Waals surface area contributed by atoms with E-state index in [0.29, 0.717) is 18.5 Å². The first kappa shape index (κ1) is 18.2. The number of aromatic nitrogens is 2. The van der Waals surface area contributed by atoms with Crippen LogP contribution in [0.5, 0.6) is 0 Å². The van der Waals surface area contributed by atoms with E-state index in [1.165, 1.54) is 13.3 Å². The maximum atomic E-state index is 11.4. The second kappa shape index (κ2) is 7.80. The lowest BCUT2D eigenvalue weighted by atomic mass is 10.1. The number of hydrogen-bond acceptors (Lipinski definition) is 7. The van der Waals surface area contributed by atoms with Crippen LogP contribution in [-0.4, -0.2) is 59.7 Å². The Kier molecular flexibility index (Phi) is 5.24. The fraction of sp³-hybridized carbons (Fsp3) is 0.421. The van der Waals surface area contributed by atoms with E-state index in [4.69, 9.17) is 16.3 Å². The molecule has 0 saturated carbocycles. The van der Waals surface area contributed by atoms with Crippen LogP contribution < -0.4 is 5.32 Å². The van der Waals surface area contributed by atoms with Crippen LogP contribution in [0, 0.1) is 0 Å². The third-order valence-electron chi connectivity index (χ3n) is 5.06. The van der Waals surface area contributed by atoms with E-state index in [0.717, 1.165) is 30.1 Å². The molecule has 0 aliphatic carbocycles. The van der Waals surface area contributed by atoms with E-state index >= 15 is 0 Å². The van der Waals surface area contributed by atoms with Gasteiger partial charge in [-0.3, -0.25) is 4.90 Å². The van der Waals surface area contributed by atoms with Crippen molar-refractivity contribution in [3.05, 3.63) is 52.9 Å². The molecule has 2 saturated heterocycles. The fourth-order valence-electron chi connectivity index (χ4n) is 3.68. The zero-order valence-electron chi connectivity index (χ0n) is 15.0. The zero-order valence-corrected chi connectivity index (χ0v) is 15.7. The molecule has 2 fully saturated rings. The summed E-state index contributed by atoms with van der Waals surface area (Å²) in [6.45, 7) is 2.48. The Hall–Kier alpha value is -2.22. The number of carbonyl (C=O) groups is 1. The van der Waals surface area contributed by atoms with Crippen molar-refractivity contribution in [2.45, 2.75) is 24.6 Å². The number of ether oxygens (including phenoxy) is 2. The Morgan fingerprint density at radius 3 is 2.78 bits per heavy atom. The maximum Gasteiger partial charge on any atom is 0.358 e. The molecule has 2 aliphatic rings. The average Bonchev–Trinajstić information content (AvgIpc) is 3.10. The van der Waals surface area contributed by atoms with Crippen molar-refractivity contribution in [1.82, 2.24) is 14.9 Å². The van der Waals surface area contributed by atoms with Crippen molar-refractivity contribution >= 4 is 23.4 Å². The number of nitrogens with one attached hydrogen (secondary N) is 1. The van der Waals surface area contributed by atoms with Gasteiger partial charge < -0.3 is 14.8 Å². The number of benzene rings is 1. The minimum absolute atomic E-state index is 0.0661. The molecular weight excluding hydrogens is 368 g/mol. The van der Waals surface area contributed by atoms with Gasteiger partial charge in [0, 0.05) is 30.2 Å². The van der Waals surface area contributed by atoms with E-state index in [9.17, 15) is 4.79 Å². The van der Waals surface area contributed by atoms with Crippen molar-refractivity contribution in [3.8, 4) is 0 Å². The largest absolute Gasteiger partial charge is 0.464 e. The summed E-state index contributed by atoms with van der Waals surface area (Å²) in [5.41, 5.74) is 1.35. The van der Waals surface area contributed by atoms with Gasteiger partial charge in [0.05, 0.1) is 32.2 Å². The third kappa shape index (κ3) is 4.05. The summed E-state index contributed by atoms with van der Waals surface area (Å²) in [7, 11) is 1.32. The molecule has 1 N–H and O–H groups in total. The van der Waals surface area contributed by atoms with Crippen LogP contribution >= 0.6 is 11.6 Å². The number of fused-ring (bicyclic) bond motifs is 1. The highest BCUT2D eigenvalue weighted by atomic mass is 35.5. The van der Waals surface area contributed by atoms with Crippen LogP contribution in [-0.2, 0) is 9.47 Å². The predicted molar refractivity (Wildman–Crippen MR) is 101 cm³/mol. The lowest BCUT2D eigenvalue weighted by Crippen LogP contribution is -2.42. The van der Waals surface area contributed by atoms with Gasteiger partial charge >= 0.3 is 5.97 Å². The van der Waals surface area contributed by atoms with Crippen LogP contribution in [0.1, 0.15) is 28.6 Å². The van der Waals surface area contributed by atoms with Crippen LogP contribution in [0.15, 0.2) is 36.7 Å². The molecule has 4 rings (SSSR count). The van der Waals surface area contributed by atoms with Gasteiger partial charge in [0.2, 0.25) is 0 Å². The molecule has 3 heterocycles. The minimum atomic E-state index is -0.488. The topological polar surface area (TPSA) is 76.6 Å². The molecule has 7 nitrogen and oxygen atoms in total. The molecule has 8 heteroatoms. The highest BCUT2D eigenvalue weighted by Crippen LogP contribution is 2.31. The number of hydrogen-bond donors (Lipinski definition) is 1. The third-order valence-corrected chi connectivity index (χ3v) is 5.31. The standard InChI is InChI=1S/C19H21ClN4O3/c1-26-19(25)16-7-22-18(8-21-16)23-14-6-15-11-27-17(10-24(15)9-14)12-2-4-13(20)5-3-12/h2-5,7-8,14-15,17H,6,9-11H2,1H3,(H,22,23)/t14-,15+,17-/m1/s1. The Bertz CT molecular complexity index is 800. The minimum Gasteiger partial charge on any atom is -0.464 e. The molecule has 3 atom stereocenters. The normalized spacial score (nSPS) is 25.0. The number of morpholine rings is 1. The van der Waals surface area contributed by atoms with Gasteiger partial charge in [0.1, 0.15) is 5.82 Å². The first-order chi connectivity index (χ1) is 13.1. The molecule has 0 spiro atoms. The van der Waals surface area contributed by atoms with Crippen molar-refractivity contribution in [2.24, 2.45) is 0 Å². The summed E-state index contributed by atoms with van der Waals surface area (Å²) in [5.74, 6) is 0.167. The van der Waals surface area contributed by atoms with Crippen molar-refractivity contribution in [2.75, 3.05) is 32.1 Å². The zero-order chi connectivity index (χ0) is 18.8. The monoisotopic (exact) mass is 388 g/mol. The van der Waals surface area contributed by atoms with Crippen LogP contribution in [0.2, 0.25) is 5.02 Å². The number of carbonyl (C=O) groups excluding carboxylic acids is 1. The molecule has 2 aromatic rings. The Morgan fingerprint density at radius 2 is 2.07 bits per heavy atom. The first-order valence-electron chi connectivity index (χ1n) is 8.90. The average molecular weight is 389 g/mol. The fourth-order valence-corrected chi connectivity index (χ4v) is 3.81. The molecule has 0 unspecified atom stereocenters. The van der Waals surface area contributed by atoms with Gasteiger partial charge in [-0.25, -0.2) is 14.8 Å². The Labute approximate surface area is 162 Å².